The van der Waals surface area contributed by atoms with Crippen molar-refractivity contribution in [3.05, 3.63) is 16.2 Å². The van der Waals surface area contributed by atoms with Crippen LogP contribution in [0.3, 0.4) is 0 Å². The number of nitrogen functional groups attached to an aromatic ring is 1. The third kappa shape index (κ3) is 3.85. The normalized spacial score (nSPS) is 11.0. The lowest BCUT2D eigenvalue weighted by molar-refractivity contribution is 0.400. The van der Waals surface area contributed by atoms with Gasteiger partial charge in [-0.1, -0.05) is 0 Å². The molecule has 0 unspecified atom stereocenters. The Balaban J connectivity index is 2.79. The van der Waals surface area contributed by atoms with E-state index in [9.17, 15) is 0 Å². The zero-order valence-electron chi connectivity index (χ0n) is 11.7. The highest BCUT2D eigenvalue weighted by molar-refractivity contribution is 9.10. The minimum Gasteiger partial charge on any atom is -0.397 e. The lowest BCUT2D eigenvalue weighted by atomic mass is 10.2. The first-order chi connectivity index (χ1) is 8.47. The van der Waals surface area contributed by atoms with Crippen LogP contribution in [0.4, 0.5) is 11.5 Å². The molecule has 0 amide bonds. The van der Waals surface area contributed by atoms with Gasteiger partial charge in [-0.2, -0.15) is 0 Å². The van der Waals surface area contributed by atoms with Gasteiger partial charge in [-0.3, -0.25) is 0 Å². The summed E-state index contributed by atoms with van der Waals surface area (Å²) in [6, 6.07) is 0. The van der Waals surface area contributed by atoms with E-state index in [0.717, 1.165) is 47.6 Å². The van der Waals surface area contributed by atoms with Gasteiger partial charge in [0, 0.05) is 13.1 Å². The predicted octanol–water partition coefficient (Wildman–Crippen LogP) is 2.51. The van der Waals surface area contributed by atoms with E-state index in [0.29, 0.717) is 0 Å². The lowest BCUT2D eigenvalue weighted by Crippen LogP contribution is -2.28. The van der Waals surface area contributed by atoms with Crippen molar-refractivity contribution in [1.82, 2.24) is 9.88 Å². The summed E-state index contributed by atoms with van der Waals surface area (Å²) in [5.74, 6) is 0.989. The molecule has 1 heterocycles. The van der Waals surface area contributed by atoms with E-state index in [2.05, 4.69) is 51.7 Å². The summed E-state index contributed by atoms with van der Waals surface area (Å²) in [7, 11) is 4.19. The fourth-order valence-electron chi connectivity index (χ4n) is 1.79. The molecule has 1 rings (SSSR count). The molecule has 0 saturated heterocycles. The Morgan fingerprint density at radius 2 is 2.00 bits per heavy atom. The average molecular weight is 315 g/mol. The maximum atomic E-state index is 5.85. The molecule has 4 nitrogen and oxygen atoms in total. The molecule has 0 radical (unpaired) electrons. The third-order valence-corrected chi connectivity index (χ3v) is 3.95. The quantitative estimate of drug-likeness (QED) is 0.876. The maximum absolute atomic E-state index is 5.85. The zero-order valence-corrected chi connectivity index (χ0v) is 13.3. The second kappa shape index (κ2) is 6.95. The van der Waals surface area contributed by atoms with Crippen molar-refractivity contribution in [3.63, 3.8) is 0 Å². The van der Waals surface area contributed by atoms with Crippen LogP contribution in [0.25, 0.3) is 0 Å². The zero-order chi connectivity index (χ0) is 13.7. The van der Waals surface area contributed by atoms with Crippen molar-refractivity contribution >= 4 is 27.4 Å². The average Bonchev–Trinajstić information content (AvgIpc) is 2.33. The molecule has 5 heteroatoms. The number of hydrogen-bond donors (Lipinski definition) is 1. The fourth-order valence-corrected chi connectivity index (χ4v) is 2.37. The Labute approximate surface area is 118 Å². The molecule has 18 heavy (non-hydrogen) atoms. The Morgan fingerprint density at radius 1 is 1.33 bits per heavy atom. The van der Waals surface area contributed by atoms with E-state index < -0.39 is 0 Å². The number of hydrogen-bond acceptors (Lipinski definition) is 4. The molecular weight excluding hydrogens is 292 g/mol. The number of aromatic nitrogens is 1. The van der Waals surface area contributed by atoms with Crippen LogP contribution in [-0.2, 0) is 0 Å². The first-order valence-corrected chi connectivity index (χ1v) is 7.06. The van der Waals surface area contributed by atoms with E-state index in [-0.39, 0.29) is 0 Å². The molecular formula is C13H23BrN4. The molecule has 0 atom stereocenters. The van der Waals surface area contributed by atoms with E-state index in [1.165, 1.54) is 0 Å². The number of rotatable bonds is 6. The predicted molar refractivity (Wildman–Crippen MR) is 82.1 cm³/mol. The van der Waals surface area contributed by atoms with Gasteiger partial charge in [0.05, 0.1) is 16.4 Å². The number of nitrogens with zero attached hydrogens (tertiary/aromatic N) is 3. The summed E-state index contributed by atoms with van der Waals surface area (Å²) in [6.45, 7) is 7.20. The molecule has 1 aromatic heterocycles. The Morgan fingerprint density at radius 3 is 2.56 bits per heavy atom. The summed E-state index contributed by atoms with van der Waals surface area (Å²) in [4.78, 5) is 8.92. The van der Waals surface area contributed by atoms with Crippen LogP contribution in [0.15, 0.2) is 10.7 Å². The molecule has 0 spiro atoms. The van der Waals surface area contributed by atoms with Crippen LogP contribution < -0.4 is 10.6 Å². The van der Waals surface area contributed by atoms with E-state index in [1.54, 1.807) is 6.20 Å². The summed E-state index contributed by atoms with van der Waals surface area (Å²) < 4.78 is 1.01. The second-order valence-electron chi connectivity index (χ2n) is 4.71. The standard InChI is InChI=1S/C13H23BrN4/c1-5-18(8-6-7-17(3)4)13-12(14)10(2)11(15)9-16-13/h9H,5-8,15H2,1-4H3. The molecule has 0 aromatic carbocycles. The first kappa shape index (κ1) is 15.2. The van der Waals surface area contributed by atoms with Crippen molar-refractivity contribution in [1.29, 1.82) is 0 Å². The first-order valence-electron chi connectivity index (χ1n) is 6.27. The molecule has 2 N–H and O–H groups in total. The van der Waals surface area contributed by atoms with Gasteiger partial charge < -0.3 is 15.5 Å². The topological polar surface area (TPSA) is 45.4 Å². The molecule has 0 saturated carbocycles. The van der Waals surface area contributed by atoms with Crippen molar-refractivity contribution < 1.29 is 0 Å². The van der Waals surface area contributed by atoms with Gasteiger partial charge in [0.1, 0.15) is 5.82 Å². The minimum absolute atomic E-state index is 0.731. The fraction of sp³-hybridized carbons (Fsp3) is 0.615. The molecule has 0 fully saturated rings. The second-order valence-corrected chi connectivity index (χ2v) is 5.51. The highest BCUT2D eigenvalue weighted by Gasteiger charge is 2.13. The van der Waals surface area contributed by atoms with E-state index in [1.807, 2.05) is 6.92 Å². The smallest absolute Gasteiger partial charge is 0.143 e. The molecule has 1 aromatic rings. The lowest BCUT2D eigenvalue weighted by Gasteiger charge is -2.24. The number of anilines is 2. The van der Waals surface area contributed by atoms with Gasteiger partial charge in [0.15, 0.2) is 0 Å². The van der Waals surface area contributed by atoms with Crippen LogP contribution in [0.5, 0.6) is 0 Å². The van der Waals surface area contributed by atoms with Gasteiger partial charge in [-0.15, -0.1) is 0 Å². The summed E-state index contributed by atoms with van der Waals surface area (Å²) in [5, 5.41) is 0. The Kier molecular flexibility index (Phi) is 5.88. The van der Waals surface area contributed by atoms with Crippen LogP contribution in [0.2, 0.25) is 0 Å². The Bertz CT molecular complexity index is 393. The van der Waals surface area contributed by atoms with Crippen molar-refractivity contribution in [2.45, 2.75) is 20.3 Å². The number of nitrogens with two attached hydrogens (primary N) is 1. The van der Waals surface area contributed by atoms with Crippen LogP contribution >= 0.6 is 15.9 Å². The molecule has 0 aliphatic heterocycles. The molecule has 0 aliphatic carbocycles. The summed E-state index contributed by atoms with van der Waals surface area (Å²) in [6.07, 6.45) is 2.86. The summed E-state index contributed by atoms with van der Waals surface area (Å²) in [5.41, 5.74) is 7.65. The van der Waals surface area contributed by atoms with Gasteiger partial charge in [0.25, 0.3) is 0 Å². The van der Waals surface area contributed by atoms with Gasteiger partial charge in [-0.25, -0.2) is 4.98 Å². The maximum Gasteiger partial charge on any atom is 0.143 e. The van der Waals surface area contributed by atoms with Crippen molar-refractivity contribution in [2.24, 2.45) is 0 Å². The summed E-state index contributed by atoms with van der Waals surface area (Å²) >= 11 is 3.60. The largest absolute Gasteiger partial charge is 0.397 e. The van der Waals surface area contributed by atoms with Crippen LogP contribution in [0.1, 0.15) is 18.9 Å². The Hall–Kier alpha value is -0.810. The number of pyridine rings is 1. The van der Waals surface area contributed by atoms with E-state index >= 15 is 0 Å². The van der Waals surface area contributed by atoms with Gasteiger partial charge >= 0.3 is 0 Å². The van der Waals surface area contributed by atoms with Crippen molar-refractivity contribution in [3.8, 4) is 0 Å². The van der Waals surface area contributed by atoms with Gasteiger partial charge in [0.2, 0.25) is 0 Å². The SMILES string of the molecule is CCN(CCCN(C)C)c1ncc(N)c(C)c1Br. The van der Waals surface area contributed by atoms with Crippen LogP contribution in [-0.4, -0.2) is 43.6 Å². The third-order valence-electron chi connectivity index (χ3n) is 3.00. The monoisotopic (exact) mass is 314 g/mol. The van der Waals surface area contributed by atoms with Crippen molar-refractivity contribution in [2.75, 3.05) is 44.4 Å². The van der Waals surface area contributed by atoms with Crippen LogP contribution in [0, 0.1) is 6.92 Å². The minimum atomic E-state index is 0.731. The molecule has 102 valence electrons. The highest BCUT2D eigenvalue weighted by Crippen LogP contribution is 2.30. The number of halogens is 1. The molecule has 0 bridgehead atoms. The van der Waals surface area contributed by atoms with E-state index in [4.69, 9.17) is 5.73 Å². The van der Waals surface area contributed by atoms with Gasteiger partial charge in [-0.05, 0) is 62.4 Å². The molecule has 0 aliphatic rings. The highest BCUT2D eigenvalue weighted by atomic mass is 79.9.